The Kier molecular flexibility index (Phi) is 5.65. The smallest absolute Gasteiger partial charge is 0.0641 e. The maximum atomic E-state index is 5.50. The Labute approximate surface area is 104 Å². The van der Waals surface area contributed by atoms with E-state index in [1.54, 1.807) is 0 Å². The van der Waals surface area contributed by atoms with Gasteiger partial charge < -0.3 is 10.1 Å². The van der Waals surface area contributed by atoms with E-state index in [-0.39, 0.29) is 0 Å². The van der Waals surface area contributed by atoms with E-state index in [9.17, 15) is 0 Å². The number of hydrogen-bond acceptors (Lipinski definition) is 3. The highest BCUT2D eigenvalue weighted by Crippen LogP contribution is 2.10. The van der Waals surface area contributed by atoms with Crippen LogP contribution >= 0.6 is 0 Å². The summed E-state index contributed by atoms with van der Waals surface area (Å²) in [7, 11) is 0. The minimum absolute atomic E-state index is 0.304. The van der Waals surface area contributed by atoms with Gasteiger partial charge in [0.15, 0.2) is 0 Å². The third-order valence-corrected chi connectivity index (χ3v) is 2.89. The Bertz CT molecular complexity index is 322. The number of aromatic nitrogens is 2. The van der Waals surface area contributed by atoms with Crippen LogP contribution in [0.25, 0.3) is 0 Å². The molecule has 4 nitrogen and oxygen atoms in total. The molecule has 0 aliphatic rings. The number of nitrogens with zero attached hydrogens (tertiary/aromatic N) is 2. The van der Waals surface area contributed by atoms with E-state index in [4.69, 9.17) is 4.74 Å². The van der Waals surface area contributed by atoms with Gasteiger partial charge in [-0.2, -0.15) is 5.10 Å². The third-order valence-electron chi connectivity index (χ3n) is 2.89. The second-order valence-corrected chi connectivity index (χ2v) is 4.90. The molecule has 0 fully saturated rings. The van der Waals surface area contributed by atoms with Gasteiger partial charge in [0.2, 0.25) is 0 Å². The van der Waals surface area contributed by atoms with Gasteiger partial charge >= 0.3 is 0 Å². The monoisotopic (exact) mass is 239 g/mol. The van der Waals surface area contributed by atoms with Crippen molar-refractivity contribution in [1.29, 1.82) is 0 Å². The second kappa shape index (κ2) is 6.77. The largest absolute Gasteiger partial charge is 0.377 e. The molecule has 2 atom stereocenters. The second-order valence-electron chi connectivity index (χ2n) is 4.90. The van der Waals surface area contributed by atoms with Crippen LogP contribution in [0.5, 0.6) is 0 Å². The van der Waals surface area contributed by atoms with Gasteiger partial charge in [0.25, 0.3) is 0 Å². The van der Waals surface area contributed by atoms with Crippen LogP contribution in [0.15, 0.2) is 12.4 Å². The zero-order valence-electron chi connectivity index (χ0n) is 11.6. The molecule has 0 amide bonds. The highest BCUT2D eigenvalue weighted by molar-refractivity contribution is 5.00. The summed E-state index contributed by atoms with van der Waals surface area (Å²) in [5, 5.41) is 7.80. The fourth-order valence-corrected chi connectivity index (χ4v) is 1.64. The van der Waals surface area contributed by atoms with E-state index in [1.165, 1.54) is 5.56 Å². The fraction of sp³-hybridized carbons (Fsp3) is 0.769. The molecule has 1 aromatic rings. The van der Waals surface area contributed by atoms with Gasteiger partial charge in [-0.15, -0.1) is 0 Å². The topological polar surface area (TPSA) is 39.1 Å². The van der Waals surface area contributed by atoms with Crippen LogP contribution in [0.1, 0.15) is 39.3 Å². The molecule has 1 heterocycles. The lowest BCUT2D eigenvalue weighted by Gasteiger charge is -2.22. The predicted molar refractivity (Wildman–Crippen MR) is 70.2 cm³/mol. The van der Waals surface area contributed by atoms with Crippen LogP contribution in [0.2, 0.25) is 0 Å². The maximum absolute atomic E-state index is 5.50. The van der Waals surface area contributed by atoms with Gasteiger partial charge in [-0.3, -0.25) is 4.68 Å². The Morgan fingerprint density at radius 2 is 2.06 bits per heavy atom. The minimum Gasteiger partial charge on any atom is -0.377 e. The summed E-state index contributed by atoms with van der Waals surface area (Å²) in [4.78, 5) is 0. The average molecular weight is 239 g/mol. The van der Waals surface area contributed by atoms with Crippen molar-refractivity contribution in [2.45, 2.75) is 52.8 Å². The van der Waals surface area contributed by atoms with E-state index in [2.05, 4.69) is 51.2 Å². The zero-order valence-corrected chi connectivity index (χ0v) is 11.6. The van der Waals surface area contributed by atoms with Crippen molar-refractivity contribution in [3.05, 3.63) is 18.0 Å². The Morgan fingerprint density at radius 3 is 2.59 bits per heavy atom. The molecule has 0 spiro atoms. The van der Waals surface area contributed by atoms with E-state index in [0.29, 0.717) is 18.2 Å². The molecule has 0 saturated carbocycles. The van der Waals surface area contributed by atoms with Crippen molar-refractivity contribution in [1.82, 2.24) is 15.1 Å². The van der Waals surface area contributed by atoms with Crippen molar-refractivity contribution in [2.75, 3.05) is 13.2 Å². The Balaban J connectivity index is 2.29. The molecule has 0 saturated heterocycles. The lowest BCUT2D eigenvalue weighted by Crippen LogP contribution is -2.36. The summed E-state index contributed by atoms with van der Waals surface area (Å²) in [6, 6.07) is 0.729. The normalized spacial score (nSPS) is 15.2. The molecular formula is C13H25N3O. The summed E-state index contributed by atoms with van der Waals surface area (Å²) in [6.45, 7) is 12.2. The molecule has 98 valence electrons. The van der Waals surface area contributed by atoms with E-state index in [0.717, 1.165) is 13.2 Å². The molecule has 1 N–H and O–H groups in total. The molecular weight excluding hydrogens is 214 g/mol. The lowest BCUT2D eigenvalue weighted by molar-refractivity contribution is 0.0786. The van der Waals surface area contributed by atoms with E-state index < -0.39 is 0 Å². The number of nitrogens with one attached hydrogen (secondary N) is 1. The molecule has 1 rings (SSSR count). The first-order chi connectivity index (χ1) is 8.00. The SMILES string of the molecule is Cc1cnn(C(C)C(C)NCCOC(C)C)c1. The molecule has 0 bridgehead atoms. The van der Waals surface area contributed by atoms with Gasteiger partial charge in [-0.25, -0.2) is 0 Å². The van der Waals surface area contributed by atoms with E-state index in [1.807, 2.05) is 10.9 Å². The Hall–Kier alpha value is -0.870. The van der Waals surface area contributed by atoms with Gasteiger partial charge in [0.05, 0.1) is 24.9 Å². The van der Waals surface area contributed by atoms with Gasteiger partial charge in [-0.1, -0.05) is 0 Å². The first-order valence-electron chi connectivity index (χ1n) is 6.36. The zero-order chi connectivity index (χ0) is 12.8. The lowest BCUT2D eigenvalue weighted by atomic mass is 10.2. The highest BCUT2D eigenvalue weighted by Gasteiger charge is 2.13. The van der Waals surface area contributed by atoms with Crippen LogP contribution in [0.4, 0.5) is 0 Å². The highest BCUT2D eigenvalue weighted by atomic mass is 16.5. The summed E-state index contributed by atoms with van der Waals surface area (Å²) >= 11 is 0. The molecule has 2 unspecified atom stereocenters. The first kappa shape index (κ1) is 14.2. The standard InChI is InChI=1S/C13H25N3O/c1-10(2)17-7-6-14-12(4)13(5)16-9-11(3)8-15-16/h8-10,12-14H,6-7H2,1-5H3. The minimum atomic E-state index is 0.304. The summed E-state index contributed by atoms with van der Waals surface area (Å²) in [6.07, 6.45) is 4.27. The molecule has 0 aliphatic carbocycles. The van der Waals surface area contributed by atoms with Crippen molar-refractivity contribution < 1.29 is 4.74 Å². The van der Waals surface area contributed by atoms with Crippen LogP contribution in [0.3, 0.4) is 0 Å². The maximum Gasteiger partial charge on any atom is 0.0641 e. The molecule has 4 heteroatoms. The van der Waals surface area contributed by atoms with E-state index >= 15 is 0 Å². The quantitative estimate of drug-likeness (QED) is 0.741. The number of ether oxygens (including phenoxy) is 1. The molecule has 17 heavy (non-hydrogen) atoms. The first-order valence-corrected chi connectivity index (χ1v) is 6.36. The molecule has 0 aromatic carbocycles. The van der Waals surface area contributed by atoms with Crippen molar-refractivity contribution in [2.24, 2.45) is 0 Å². The van der Waals surface area contributed by atoms with Gasteiger partial charge in [-0.05, 0) is 40.2 Å². The summed E-state index contributed by atoms with van der Waals surface area (Å²) in [5.74, 6) is 0. The van der Waals surface area contributed by atoms with Gasteiger partial charge in [0.1, 0.15) is 0 Å². The Morgan fingerprint density at radius 1 is 1.35 bits per heavy atom. The number of aryl methyl sites for hydroxylation is 1. The number of rotatable bonds is 7. The third kappa shape index (κ3) is 4.88. The van der Waals surface area contributed by atoms with Crippen LogP contribution in [0, 0.1) is 6.92 Å². The van der Waals surface area contributed by atoms with Crippen LogP contribution < -0.4 is 5.32 Å². The molecule has 1 aromatic heterocycles. The average Bonchev–Trinajstić information content (AvgIpc) is 2.69. The summed E-state index contributed by atoms with van der Waals surface area (Å²) < 4.78 is 7.51. The molecule has 0 aliphatic heterocycles. The fourth-order valence-electron chi connectivity index (χ4n) is 1.64. The number of hydrogen-bond donors (Lipinski definition) is 1. The van der Waals surface area contributed by atoms with Crippen LogP contribution in [-0.2, 0) is 4.74 Å². The molecule has 0 radical (unpaired) electrons. The van der Waals surface area contributed by atoms with Crippen LogP contribution in [-0.4, -0.2) is 35.1 Å². The van der Waals surface area contributed by atoms with Crippen molar-refractivity contribution >= 4 is 0 Å². The predicted octanol–water partition coefficient (Wildman–Crippen LogP) is 2.16. The van der Waals surface area contributed by atoms with Crippen molar-refractivity contribution in [3.8, 4) is 0 Å². The van der Waals surface area contributed by atoms with Crippen molar-refractivity contribution in [3.63, 3.8) is 0 Å². The van der Waals surface area contributed by atoms with Gasteiger partial charge in [0, 0.05) is 18.8 Å². The summed E-state index contributed by atoms with van der Waals surface area (Å²) in [5.41, 5.74) is 1.20.